The molecule has 298 valence electrons. The van der Waals surface area contributed by atoms with Crippen LogP contribution in [0.15, 0.2) is 229 Å². The van der Waals surface area contributed by atoms with Crippen LogP contribution in [0.4, 0.5) is 0 Å². The van der Waals surface area contributed by atoms with Gasteiger partial charge in [0.05, 0.1) is 11.0 Å². The van der Waals surface area contributed by atoms with Gasteiger partial charge in [-0.15, -0.1) is 0 Å². The van der Waals surface area contributed by atoms with Crippen LogP contribution in [0.3, 0.4) is 0 Å². The molecule has 0 N–H and O–H groups in total. The molecule has 0 aliphatic heterocycles. The molecule has 64 heavy (non-hydrogen) atoms. The molecule has 0 unspecified atom stereocenters. The first-order chi connectivity index (χ1) is 31.7. The summed E-state index contributed by atoms with van der Waals surface area (Å²) in [5, 5.41) is 6.68. The number of fused-ring (bicyclic) bond motifs is 8. The molecule has 4 heteroatoms. The lowest BCUT2D eigenvalue weighted by atomic mass is 9.67. The molecule has 4 nitrogen and oxygen atoms in total. The average molecular weight is 816 g/mol. The van der Waals surface area contributed by atoms with E-state index in [1.165, 1.54) is 44.2 Å². The van der Waals surface area contributed by atoms with Gasteiger partial charge in [-0.05, 0) is 96.4 Å². The summed E-state index contributed by atoms with van der Waals surface area (Å²) in [6.45, 7) is 0. The van der Waals surface area contributed by atoms with Crippen LogP contribution in [0, 0.1) is 0 Å². The van der Waals surface area contributed by atoms with Crippen LogP contribution in [0.25, 0.3) is 99.9 Å². The van der Waals surface area contributed by atoms with E-state index in [1.807, 2.05) is 18.2 Å². The Hall–Kier alpha value is -8.47. The Morgan fingerprint density at radius 2 is 0.875 bits per heavy atom. The molecule has 0 fully saturated rings. The molecular formula is C60H37N3O. The number of hydrogen-bond donors (Lipinski definition) is 0. The van der Waals surface area contributed by atoms with Crippen molar-refractivity contribution in [2.24, 2.45) is 0 Å². The summed E-state index contributed by atoms with van der Waals surface area (Å²) >= 11 is 0. The summed E-state index contributed by atoms with van der Waals surface area (Å²) in [5.74, 6) is 1.73. The maximum absolute atomic E-state index is 6.62. The Kier molecular flexibility index (Phi) is 8.09. The second-order valence-electron chi connectivity index (χ2n) is 16.7. The van der Waals surface area contributed by atoms with Crippen LogP contribution in [-0.2, 0) is 5.41 Å². The first kappa shape index (κ1) is 36.2. The zero-order chi connectivity index (χ0) is 42.2. The van der Waals surface area contributed by atoms with Crippen molar-refractivity contribution < 1.29 is 4.42 Å². The van der Waals surface area contributed by atoms with Gasteiger partial charge in [-0.1, -0.05) is 194 Å². The minimum absolute atomic E-state index is 0.550. The number of rotatable bonds is 6. The molecule has 0 atom stereocenters. The third-order valence-electron chi connectivity index (χ3n) is 13.2. The van der Waals surface area contributed by atoms with E-state index in [1.54, 1.807) is 0 Å². The van der Waals surface area contributed by atoms with Gasteiger partial charge >= 0.3 is 0 Å². The monoisotopic (exact) mass is 815 g/mol. The highest BCUT2D eigenvalue weighted by molar-refractivity contribution is 6.09. The van der Waals surface area contributed by atoms with Crippen molar-refractivity contribution in [1.29, 1.82) is 0 Å². The minimum Gasteiger partial charge on any atom is -0.455 e. The molecule has 0 saturated heterocycles. The lowest BCUT2D eigenvalue weighted by Gasteiger charge is -2.34. The van der Waals surface area contributed by atoms with Gasteiger partial charge in [0.1, 0.15) is 11.2 Å². The van der Waals surface area contributed by atoms with Crippen molar-refractivity contribution in [1.82, 2.24) is 15.0 Å². The van der Waals surface area contributed by atoms with E-state index < -0.39 is 5.41 Å². The molecule has 12 aromatic rings. The predicted molar refractivity (Wildman–Crippen MR) is 261 cm³/mol. The van der Waals surface area contributed by atoms with Gasteiger partial charge in [-0.25, -0.2) is 15.0 Å². The number of hydrogen-bond acceptors (Lipinski definition) is 4. The SMILES string of the molecule is c1ccc(C2(c3ccccc3)c3ccccc3-c3ccc(-c4nc(-c5cccc6ccc(-c7ccc8ccccc8c7)cc56)nc(-c5cccc6c5oc5ccccc56)n4)cc32)cc1. The largest absolute Gasteiger partial charge is 0.455 e. The smallest absolute Gasteiger partial charge is 0.167 e. The maximum atomic E-state index is 6.62. The van der Waals surface area contributed by atoms with Crippen LogP contribution >= 0.6 is 0 Å². The normalized spacial score (nSPS) is 12.8. The number of nitrogens with zero attached hydrogens (tertiary/aromatic N) is 3. The van der Waals surface area contributed by atoms with Crippen molar-refractivity contribution in [3.05, 3.63) is 247 Å². The Bertz CT molecular complexity index is 3760. The van der Waals surface area contributed by atoms with E-state index in [-0.39, 0.29) is 0 Å². The highest BCUT2D eigenvalue weighted by atomic mass is 16.3. The van der Waals surface area contributed by atoms with E-state index in [9.17, 15) is 0 Å². The highest BCUT2D eigenvalue weighted by Crippen LogP contribution is 2.56. The Labute approximate surface area is 369 Å². The first-order valence-electron chi connectivity index (χ1n) is 21.8. The van der Waals surface area contributed by atoms with Crippen LogP contribution in [0.5, 0.6) is 0 Å². The molecular weight excluding hydrogens is 779 g/mol. The van der Waals surface area contributed by atoms with Gasteiger partial charge in [0, 0.05) is 21.9 Å². The molecule has 0 amide bonds. The van der Waals surface area contributed by atoms with Crippen molar-refractivity contribution in [2.75, 3.05) is 0 Å². The summed E-state index contributed by atoms with van der Waals surface area (Å²) < 4.78 is 6.62. The molecule has 0 radical (unpaired) electrons. The standard InChI is InChI=1S/C60H37N3O/c1-3-18-44(19-4-1)60(45-20-5-2-6-21-45)53-27-11-9-22-46(53)47-34-33-43(37-54(47)60)57-61-58(63-59(62-57)51-26-14-24-49-48-23-10-12-28-55(48)64-56(49)51)50-25-13-17-39-30-32-42(36-52(39)50)41-31-29-38-15-7-8-16-40(38)35-41/h1-37H. The van der Waals surface area contributed by atoms with Crippen molar-refractivity contribution in [3.8, 4) is 56.4 Å². The van der Waals surface area contributed by atoms with Gasteiger partial charge in [-0.3, -0.25) is 0 Å². The summed E-state index contributed by atoms with van der Waals surface area (Å²) in [7, 11) is 0. The Balaban J connectivity index is 1.06. The molecule has 0 bridgehead atoms. The number of aromatic nitrogens is 3. The lowest BCUT2D eigenvalue weighted by molar-refractivity contribution is 0.669. The fourth-order valence-electron chi connectivity index (χ4n) is 10.3. The minimum atomic E-state index is -0.572. The third kappa shape index (κ3) is 5.52. The summed E-state index contributed by atoms with van der Waals surface area (Å²) in [6, 6.07) is 80.0. The molecule has 10 aromatic carbocycles. The molecule has 2 heterocycles. The third-order valence-corrected chi connectivity index (χ3v) is 13.2. The first-order valence-corrected chi connectivity index (χ1v) is 21.8. The quantitative estimate of drug-likeness (QED) is 0.168. The van der Waals surface area contributed by atoms with E-state index >= 15 is 0 Å². The van der Waals surface area contributed by atoms with Crippen LogP contribution in [0.1, 0.15) is 22.3 Å². The molecule has 1 aliphatic carbocycles. The van der Waals surface area contributed by atoms with Crippen molar-refractivity contribution >= 4 is 43.5 Å². The maximum Gasteiger partial charge on any atom is 0.167 e. The Morgan fingerprint density at radius 1 is 0.312 bits per heavy atom. The second-order valence-corrected chi connectivity index (χ2v) is 16.7. The Morgan fingerprint density at radius 3 is 1.70 bits per heavy atom. The van der Waals surface area contributed by atoms with E-state index in [0.717, 1.165) is 60.5 Å². The van der Waals surface area contributed by atoms with Crippen LogP contribution < -0.4 is 0 Å². The zero-order valence-electron chi connectivity index (χ0n) is 34.6. The van der Waals surface area contributed by atoms with Gasteiger partial charge in [0.2, 0.25) is 0 Å². The number of furan rings is 1. The summed E-state index contributed by atoms with van der Waals surface area (Å²) in [4.78, 5) is 16.2. The average Bonchev–Trinajstić information content (AvgIpc) is 3.90. The van der Waals surface area contributed by atoms with Gasteiger partial charge < -0.3 is 4.42 Å². The lowest BCUT2D eigenvalue weighted by Crippen LogP contribution is -2.28. The van der Waals surface area contributed by atoms with E-state index in [0.29, 0.717) is 17.5 Å². The van der Waals surface area contributed by atoms with Gasteiger partial charge in [0.15, 0.2) is 17.5 Å². The molecule has 0 saturated carbocycles. The second kappa shape index (κ2) is 14.3. The topological polar surface area (TPSA) is 51.8 Å². The highest BCUT2D eigenvalue weighted by Gasteiger charge is 2.46. The van der Waals surface area contributed by atoms with Crippen LogP contribution in [-0.4, -0.2) is 15.0 Å². The zero-order valence-corrected chi connectivity index (χ0v) is 34.6. The van der Waals surface area contributed by atoms with E-state index in [4.69, 9.17) is 19.4 Å². The van der Waals surface area contributed by atoms with Crippen molar-refractivity contribution in [3.63, 3.8) is 0 Å². The van der Waals surface area contributed by atoms with Gasteiger partial charge in [0.25, 0.3) is 0 Å². The fraction of sp³-hybridized carbons (Fsp3) is 0.0167. The van der Waals surface area contributed by atoms with Crippen LogP contribution in [0.2, 0.25) is 0 Å². The molecule has 2 aromatic heterocycles. The number of benzene rings is 10. The number of para-hydroxylation sites is 2. The summed E-state index contributed by atoms with van der Waals surface area (Å²) in [6.07, 6.45) is 0. The molecule has 1 aliphatic rings. The summed E-state index contributed by atoms with van der Waals surface area (Å²) in [5.41, 5.74) is 13.2. The molecule has 13 rings (SSSR count). The predicted octanol–water partition coefficient (Wildman–Crippen LogP) is 15.1. The van der Waals surface area contributed by atoms with E-state index in [2.05, 4.69) is 206 Å². The molecule has 0 spiro atoms. The van der Waals surface area contributed by atoms with Gasteiger partial charge in [-0.2, -0.15) is 0 Å². The fourth-order valence-corrected chi connectivity index (χ4v) is 10.3. The van der Waals surface area contributed by atoms with Crippen molar-refractivity contribution in [2.45, 2.75) is 5.41 Å².